The number of nitrogens with one attached hydrogen (secondary N) is 7. The average Bonchev–Trinajstić information content (AvgIpc) is 3.00. The van der Waals surface area contributed by atoms with E-state index >= 15 is 0 Å². The standard InChI is InChI=1S/C21H41N9O8.C3H7NO.CH4O.H3N/c1-12(4-7-22)27-15(32)3-2-10-25-18(35)21(38)30-17(34)14(6-9-24)28-16(33)13(5-8-23)29-20(37)19(36)26-11-31;1-2-4-3-5;1-2;/h11-14,19,21,36,38H,2-10,22-24H2,1H3,(H,25,35)(H,26,31)(H,27,32)(H,28,33)(H,29,37)(H,30,34);3H,2H2,1H3,(H,4,5);2H,1H3;1H3. The Morgan fingerprint density at radius 2 is 1.22 bits per heavy atom. The maximum absolute atomic E-state index is 12.6. The van der Waals surface area contributed by atoms with Crippen molar-refractivity contribution in [2.45, 2.75) is 76.5 Å². The zero-order valence-electron chi connectivity index (χ0n) is 26.8. The molecule has 0 aliphatic rings. The molecule has 0 saturated heterocycles. The summed E-state index contributed by atoms with van der Waals surface area (Å²) < 4.78 is 0. The van der Waals surface area contributed by atoms with Gasteiger partial charge in [0.05, 0.1) is 0 Å². The molecule has 0 aromatic carbocycles. The minimum absolute atomic E-state index is 0. The molecule has 7 amide bonds. The Morgan fingerprint density at radius 3 is 1.65 bits per heavy atom. The van der Waals surface area contributed by atoms with Gasteiger partial charge in [0.2, 0.25) is 43.0 Å². The van der Waals surface area contributed by atoms with Gasteiger partial charge in [-0.2, -0.15) is 0 Å². The Hall–Kier alpha value is -3.99. The topological polar surface area (TPSA) is 377 Å². The lowest BCUT2D eigenvalue weighted by atomic mass is 10.1. The molecule has 0 aromatic heterocycles. The molecule has 270 valence electrons. The van der Waals surface area contributed by atoms with Crippen LogP contribution in [0.25, 0.3) is 0 Å². The highest BCUT2D eigenvalue weighted by molar-refractivity contribution is 5.94. The fourth-order valence-corrected chi connectivity index (χ4v) is 3.14. The summed E-state index contributed by atoms with van der Waals surface area (Å²) in [5.41, 5.74) is 16.4. The maximum atomic E-state index is 12.6. The van der Waals surface area contributed by atoms with E-state index in [-0.39, 0.29) is 69.8 Å². The van der Waals surface area contributed by atoms with Gasteiger partial charge in [-0.05, 0) is 59.2 Å². The number of rotatable bonds is 22. The van der Waals surface area contributed by atoms with Crippen LogP contribution in [0.15, 0.2) is 0 Å². The van der Waals surface area contributed by atoms with Gasteiger partial charge in [0.15, 0.2) is 0 Å². The summed E-state index contributed by atoms with van der Waals surface area (Å²) in [6.45, 7) is 4.81. The summed E-state index contributed by atoms with van der Waals surface area (Å²) in [5, 5.41) is 42.5. The number of carbonyl (C=O) groups excluding carboxylic acids is 7. The lowest BCUT2D eigenvalue weighted by Crippen LogP contribution is -2.58. The van der Waals surface area contributed by atoms with Gasteiger partial charge < -0.3 is 75.9 Å². The summed E-state index contributed by atoms with van der Waals surface area (Å²) in [6, 6.07) is -2.63. The number of hydrogen-bond acceptors (Lipinski definition) is 14. The van der Waals surface area contributed by atoms with E-state index in [0.717, 1.165) is 13.7 Å². The third-order valence-electron chi connectivity index (χ3n) is 5.35. The van der Waals surface area contributed by atoms with E-state index < -0.39 is 48.2 Å². The Bertz CT molecular complexity index is 871. The Balaban J connectivity index is -0.000000997. The van der Waals surface area contributed by atoms with E-state index in [1.54, 1.807) is 0 Å². The second-order valence-electron chi connectivity index (χ2n) is 8.99. The van der Waals surface area contributed by atoms with Crippen molar-refractivity contribution in [2.24, 2.45) is 17.2 Å². The lowest BCUT2D eigenvalue weighted by molar-refractivity contribution is -0.139. The summed E-state index contributed by atoms with van der Waals surface area (Å²) in [7, 11) is 1.00. The number of amides is 7. The minimum Gasteiger partial charge on any atom is -0.400 e. The molecule has 0 heterocycles. The van der Waals surface area contributed by atoms with E-state index in [4.69, 9.17) is 22.3 Å². The van der Waals surface area contributed by atoms with Crippen molar-refractivity contribution in [3.05, 3.63) is 0 Å². The highest BCUT2D eigenvalue weighted by atomic mass is 16.3. The first kappa shape index (κ1) is 48.9. The molecule has 0 aliphatic carbocycles. The van der Waals surface area contributed by atoms with Gasteiger partial charge in [0.25, 0.3) is 11.8 Å². The third kappa shape index (κ3) is 25.3. The first-order valence-electron chi connectivity index (χ1n) is 14.2. The van der Waals surface area contributed by atoms with Gasteiger partial charge >= 0.3 is 0 Å². The first-order valence-corrected chi connectivity index (χ1v) is 14.2. The fraction of sp³-hybridized carbons (Fsp3) is 0.720. The number of carbonyl (C=O) groups is 7. The summed E-state index contributed by atoms with van der Waals surface area (Å²) in [6.07, 6.45) is -2.21. The SMILES string of the molecule is CC(CCN)NC(=O)CCCNC(=O)C(O)NC(=O)C(CCN)NC(=O)C(CCN)NC(=O)C(O)NC=O.CCNC=O.CO.N. The second kappa shape index (κ2) is 32.4. The van der Waals surface area contributed by atoms with Gasteiger partial charge in [0, 0.05) is 32.7 Å². The average molecular weight is 670 g/mol. The quantitative estimate of drug-likeness (QED) is 0.0289. The molecule has 0 aliphatic heterocycles. The number of nitrogens with two attached hydrogens (primary N) is 3. The van der Waals surface area contributed by atoms with E-state index in [0.29, 0.717) is 19.4 Å². The maximum Gasteiger partial charge on any atom is 0.270 e. The van der Waals surface area contributed by atoms with Crippen molar-refractivity contribution in [1.82, 2.24) is 43.4 Å². The number of aliphatic hydroxyl groups excluding tert-OH is 3. The van der Waals surface area contributed by atoms with Crippen LogP contribution in [0.4, 0.5) is 0 Å². The molecule has 5 atom stereocenters. The highest BCUT2D eigenvalue weighted by Gasteiger charge is 2.29. The summed E-state index contributed by atoms with van der Waals surface area (Å²) in [5.74, 6) is -4.01. The number of aliphatic hydroxyl groups is 3. The molecule has 0 spiro atoms. The smallest absolute Gasteiger partial charge is 0.270 e. The van der Waals surface area contributed by atoms with Crippen LogP contribution >= 0.6 is 0 Å². The molecule has 46 heavy (non-hydrogen) atoms. The molecular weight excluding hydrogens is 614 g/mol. The van der Waals surface area contributed by atoms with Crippen molar-refractivity contribution >= 4 is 42.4 Å². The van der Waals surface area contributed by atoms with Gasteiger partial charge in [-0.15, -0.1) is 0 Å². The molecule has 19 N–H and O–H groups in total. The van der Waals surface area contributed by atoms with E-state index in [9.17, 15) is 43.8 Å². The molecule has 21 heteroatoms. The predicted octanol–water partition coefficient (Wildman–Crippen LogP) is -6.57. The van der Waals surface area contributed by atoms with Crippen molar-refractivity contribution in [2.75, 3.05) is 39.8 Å². The van der Waals surface area contributed by atoms with E-state index in [1.807, 2.05) is 24.5 Å². The van der Waals surface area contributed by atoms with Crippen LogP contribution in [-0.2, 0) is 33.6 Å². The number of hydrogen-bond donors (Lipinski definition) is 14. The van der Waals surface area contributed by atoms with Crippen LogP contribution in [-0.4, -0.2) is 128 Å². The lowest BCUT2D eigenvalue weighted by Gasteiger charge is -2.24. The van der Waals surface area contributed by atoms with Crippen LogP contribution in [0.5, 0.6) is 0 Å². The normalized spacial score (nSPS) is 12.9. The largest absolute Gasteiger partial charge is 0.400 e. The van der Waals surface area contributed by atoms with Gasteiger partial charge in [-0.3, -0.25) is 33.6 Å². The van der Waals surface area contributed by atoms with Gasteiger partial charge in [-0.25, -0.2) is 0 Å². The molecular formula is C25H55N11O10. The summed E-state index contributed by atoms with van der Waals surface area (Å²) >= 11 is 0. The van der Waals surface area contributed by atoms with Crippen LogP contribution in [0.3, 0.4) is 0 Å². The molecule has 21 nitrogen and oxygen atoms in total. The Kier molecular flexibility index (Phi) is 34.4. The van der Waals surface area contributed by atoms with Crippen molar-refractivity contribution in [3.63, 3.8) is 0 Å². The van der Waals surface area contributed by atoms with Crippen molar-refractivity contribution < 1.29 is 48.9 Å². The molecule has 5 unspecified atom stereocenters. The Morgan fingerprint density at radius 1 is 0.717 bits per heavy atom. The zero-order valence-corrected chi connectivity index (χ0v) is 26.8. The second-order valence-corrected chi connectivity index (χ2v) is 8.99. The monoisotopic (exact) mass is 669 g/mol. The molecule has 0 bridgehead atoms. The minimum atomic E-state index is -1.96. The van der Waals surface area contributed by atoms with Crippen LogP contribution in [0, 0.1) is 0 Å². The molecule has 0 fully saturated rings. The van der Waals surface area contributed by atoms with Gasteiger partial charge in [0.1, 0.15) is 12.1 Å². The van der Waals surface area contributed by atoms with Gasteiger partial charge in [-0.1, -0.05) is 0 Å². The van der Waals surface area contributed by atoms with Crippen LogP contribution in [0.1, 0.15) is 46.0 Å². The third-order valence-corrected chi connectivity index (χ3v) is 5.35. The van der Waals surface area contributed by atoms with Crippen LogP contribution < -0.4 is 60.6 Å². The Labute approximate surface area is 268 Å². The molecule has 0 radical (unpaired) electrons. The van der Waals surface area contributed by atoms with Crippen LogP contribution in [0.2, 0.25) is 0 Å². The first-order chi connectivity index (χ1) is 21.4. The molecule has 0 saturated carbocycles. The predicted molar refractivity (Wildman–Crippen MR) is 167 cm³/mol. The van der Waals surface area contributed by atoms with Crippen molar-refractivity contribution in [3.8, 4) is 0 Å². The fourth-order valence-electron chi connectivity index (χ4n) is 3.14. The highest BCUT2D eigenvalue weighted by Crippen LogP contribution is 1.99. The summed E-state index contributed by atoms with van der Waals surface area (Å²) in [4.78, 5) is 80.7. The van der Waals surface area contributed by atoms with E-state index in [1.165, 1.54) is 0 Å². The van der Waals surface area contributed by atoms with Crippen molar-refractivity contribution in [1.29, 1.82) is 0 Å². The molecule has 0 rings (SSSR count). The molecule has 0 aromatic rings. The zero-order chi connectivity index (χ0) is 35.2. The van der Waals surface area contributed by atoms with E-state index in [2.05, 4.69) is 26.6 Å².